The van der Waals surface area contributed by atoms with Crippen molar-refractivity contribution in [1.29, 1.82) is 5.26 Å². The molecule has 60 heavy (non-hydrogen) atoms. The Balaban J connectivity index is 0.000000477. The Morgan fingerprint density at radius 2 is 1.25 bits per heavy atom. The molecule has 2 aromatic rings. The number of nitrogens with zero attached hydrogens (tertiary/aromatic N) is 6. The van der Waals surface area contributed by atoms with Crippen LogP contribution in [0.4, 0.5) is 31.4 Å². The van der Waals surface area contributed by atoms with Gasteiger partial charge in [-0.3, -0.25) is 5.32 Å². The molecule has 0 unspecified atom stereocenters. The number of anilines is 3. The van der Waals surface area contributed by atoms with Crippen molar-refractivity contribution in [3.63, 3.8) is 0 Å². The molecule has 17 nitrogen and oxygen atoms in total. The van der Waals surface area contributed by atoms with E-state index in [1.165, 1.54) is 12.8 Å². The van der Waals surface area contributed by atoms with E-state index in [0.29, 0.717) is 37.5 Å². The van der Waals surface area contributed by atoms with E-state index in [-0.39, 0.29) is 5.91 Å². The number of likely N-dealkylation sites (N-methyl/N-ethyl adjacent to an activating group) is 1. The minimum atomic E-state index is -0.770. The summed E-state index contributed by atoms with van der Waals surface area (Å²) in [5.41, 5.74) is 4.07. The Morgan fingerprint density at radius 1 is 0.733 bits per heavy atom. The maximum absolute atomic E-state index is 13.2. The Morgan fingerprint density at radius 3 is 1.77 bits per heavy atom. The molecule has 0 aliphatic carbocycles. The zero-order valence-corrected chi connectivity index (χ0v) is 37.2. The predicted molar refractivity (Wildman–Crippen MR) is 235 cm³/mol. The third kappa shape index (κ3) is 17.2. The van der Waals surface area contributed by atoms with E-state index in [0.717, 1.165) is 55.0 Å². The number of aryl methyl sites for hydroxylation is 2. The van der Waals surface area contributed by atoms with E-state index in [2.05, 4.69) is 54.8 Å². The number of nitriles is 1. The minimum absolute atomic E-state index is 0.134. The molecule has 4 rings (SSSR count). The zero-order valence-electron chi connectivity index (χ0n) is 37.2. The van der Waals surface area contributed by atoms with Crippen LogP contribution in [0, 0.1) is 25.4 Å². The van der Waals surface area contributed by atoms with Crippen molar-refractivity contribution < 1.29 is 38.0 Å². The molecule has 2 fully saturated rings. The molecule has 0 bridgehead atoms. The molecule has 2 heterocycles. The molecule has 0 spiro atoms. The van der Waals surface area contributed by atoms with Crippen LogP contribution in [0.15, 0.2) is 41.4 Å². The van der Waals surface area contributed by atoms with E-state index in [1.54, 1.807) is 68.6 Å². The summed E-state index contributed by atoms with van der Waals surface area (Å²) in [7, 11) is 3.37. The summed E-state index contributed by atoms with van der Waals surface area (Å²) in [6, 6.07) is 12.1. The van der Waals surface area contributed by atoms with Crippen LogP contribution in [0.1, 0.15) is 83.8 Å². The molecular formula is C42H62BN9O8. The number of alkyl carbamates (subject to hydrolysis) is 2. The fraction of sp³-hybridized carbons (Fsp3) is 0.548. The SMILES string of the molecule is CC(C)(C)OC(=O)/N=C/NC(=O)OC(C)(C)C.Cc1cc(N2CCN(C)CC2)ccc1NC(=O)c1ccc(N2CCN(C(=BOC#N)NC(=O)OC(C)(C)C)CC2)cc1C. The normalized spacial score (nSPS) is 15.1. The number of carbonyl (C=O) groups is 4. The first kappa shape index (κ1) is 48.5. The summed E-state index contributed by atoms with van der Waals surface area (Å²) in [6.45, 7) is 26.3. The van der Waals surface area contributed by atoms with Crippen molar-refractivity contribution in [3.8, 4) is 6.26 Å². The quantitative estimate of drug-likeness (QED) is 0.0977. The molecule has 0 atom stereocenters. The molecule has 0 saturated carbocycles. The number of benzene rings is 2. The van der Waals surface area contributed by atoms with Crippen LogP contribution in [-0.2, 0) is 18.9 Å². The van der Waals surface area contributed by atoms with Gasteiger partial charge in [-0.15, -0.1) is 0 Å². The molecule has 0 radical (unpaired) electrons. The van der Waals surface area contributed by atoms with Crippen molar-refractivity contribution in [2.24, 2.45) is 4.99 Å². The van der Waals surface area contributed by atoms with Crippen LogP contribution in [0.3, 0.4) is 0 Å². The number of nitrogens with one attached hydrogen (secondary N) is 3. The molecule has 2 aliphatic heterocycles. The second kappa shape index (κ2) is 21.4. The van der Waals surface area contributed by atoms with Crippen molar-refractivity contribution in [3.05, 3.63) is 53.1 Å². The van der Waals surface area contributed by atoms with Crippen LogP contribution in [0.2, 0.25) is 0 Å². The molecule has 2 aliphatic rings. The van der Waals surface area contributed by atoms with Crippen LogP contribution >= 0.6 is 0 Å². The summed E-state index contributed by atoms with van der Waals surface area (Å²) in [5.74, 6) is -0.134. The van der Waals surface area contributed by atoms with Gasteiger partial charge in [0.2, 0.25) is 0 Å². The second-order valence-corrected chi connectivity index (χ2v) is 17.4. The van der Waals surface area contributed by atoms with Gasteiger partial charge < -0.3 is 19.3 Å². The predicted octanol–water partition coefficient (Wildman–Crippen LogP) is 5.63. The van der Waals surface area contributed by atoms with Crippen LogP contribution in [-0.4, -0.2) is 129 Å². The molecule has 4 amide bonds. The van der Waals surface area contributed by atoms with Gasteiger partial charge in [0, 0.05) is 31.9 Å². The standard InChI is InChI=1S/C31H42BN7O4.C11H20N2O4/c1-22-19-24(38-15-17-39(18-16-38)29(32-42-21-33)35-30(41)43-31(3,4)5)7-9-26(22)28(40)34-27-10-8-25(20-23(27)2)37-13-11-36(6)12-14-37;1-10(2,3)16-8(14)12-7-13-9(15)17-11(4,5)6/h7-10,19-20H,11-18H2,1-6H3,(H,34,40)(H,35,41);7H,1-6H3,(H,12,13,14,15). The number of piperazine rings is 2. The topological polar surface area (TPSA) is 190 Å². The average molecular weight is 832 g/mol. The van der Waals surface area contributed by atoms with Crippen LogP contribution in [0.25, 0.3) is 0 Å². The molecule has 3 N–H and O–H groups in total. The third-order valence-electron chi connectivity index (χ3n) is 8.76. The number of ether oxygens (including phenoxy) is 3. The molecular weight excluding hydrogens is 769 g/mol. The first-order valence-electron chi connectivity index (χ1n) is 19.9. The molecule has 2 saturated heterocycles. The van der Waals surface area contributed by atoms with Crippen molar-refractivity contribution >= 4 is 60.4 Å². The van der Waals surface area contributed by atoms with Gasteiger partial charge in [-0.25, -0.2) is 9.59 Å². The Bertz CT molecular complexity index is 1910. The van der Waals surface area contributed by atoms with Crippen molar-refractivity contribution in [2.75, 3.05) is 74.5 Å². The van der Waals surface area contributed by atoms with Crippen LogP contribution < -0.4 is 25.8 Å². The summed E-state index contributed by atoms with van der Waals surface area (Å²) >= 11 is 0. The van der Waals surface area contributed by atoms with E-state index < -0.39 is 35.1 Å². The fourth-order valence-electron chi connectivity index (χ4n) is 5.95. The first-order valence-corrected chi connectivity index (χ1v) is 19.9. The van der Waals surface area contributed by atoms with Gasteiger partial charge in [0.25, 0.3) is 0 Å². The van der Waals surface area contributed by atoms with Crippen molar-refractivity contribution in [1.82, 2.24) is 20.4 Å². The van der Waals surface area contributed by atoms with E-state index in [4.69, 9.17) is 24.1 Å². The molecule has 326 valence electrons. The molecule has 18 heteroatoms. The van der Waals surface area contributed by atoms with Gasteiger partial charge in [-0.2, -0.15) is 4.99 Å². The number of amides is 4. The number of carbonyl (C=O) groups excluding carboxylic acids is 4. The van der Waals surface area contributed by atoms with Gasteiger partial charge >= 0.3 is 188 Å². The second-order valence-electron chi connectivity index (χ2n) is 17.4. The van der Waals surface area contributed by atoms with Gasteiger partial charge in [-0.1, -0.05) is 0 Å². The van der Waals surface area contributed by atoms with E-state index >= 15 is 0 Å². The Kier molecular flexibility index (Phi) is 17.3. The molecule has 2 aromatic carbocycles. The maximum atomic E-state index is 13.2. The van der Waals surface area contributed by atoms with Gasteiger partial charge in [0.15, 0.2) is 0 Å². The van der Waals surface area contributed by atoms with Gasteiger partial charge in [0.05, 0.1) is 0 Å². The number of hydrogen-bond acceptors (Lipinski definition) is 13. The first-order chi connectivity index (χ1) is 27.9. The summed E-state index contributed by atoms with van der Waals surface area (Å²) in [6.07, 6.45) is 0.491. The Hall–Kier alpha value is -5.83. The van der Waals surface area contributed by atoms with E-state index in [9.17, 15) is 19.2 Å². The zero-order chi connectivity index (χ0) is 44.8. The monoisotopic (exact) mass is 831 g/mol. The number of aliphatic imine (C=N–C) groups is 1. The molecule has 0 aromatic heterocycles. The summed E-state index contributed by atoms with van der Waals surface area (Å²) in [5, 5.41) is 16.8. The summed E-state index contributed by atoms with van der Waals surface area (Å²) in [4.78, 5) is 60.1. The fourth-order valence-corrected chi connectivity index (χ4v) is 5.95. The van der Waals surface area contributed by atoms with Gasteiger partial charge in [-0.05, 0) is 79.3 Å². The average Bonchev–Trinajstić information content (AvgIpc) is 3.12. The number of hydrogen-bond donors (Lipinski definition) is 3. The van der Waals surface area contributed by atoms with Gasteiger partial charge in [0.1, 0.15) is 17.5 Å². The van der Waals surface area contributed by atoms with E-state index in [1.807, 2.05) is 43.0 Å². The third-order valence-corrected chi connectivity index (χ3v) is 8.76. The van der Waals surface area contributed by atoms with Crippen LogP contribution in [0.5, 0.6) is 0 Å². The summed E-state index contributed by atoms with van der Waals surface area (Å²) < 4.78 is 20.0. The Labute approximate surface area is 355 Å². The number of rotatable bonds is 8. The van der Waals surface area contributed by atoms with Crippen molar-refractivity contribution in [2.45, 2.75) is 93.0 Å².